The molecule has 208 valence electrons. The Hall–Kier alpha value is -3.90. The number of ether oxygens (including phenoxy) is 1. The number of halogens is 1. The number of likely N-dealkylation sites (N-methyl/N-ethyl adjacent to an activating group) is 1. The summed E-state index contributed by atoms with van der Waals surface area (Å²) in [6.07, 6.45) is 6.96. The number of nitriles is 1. The zero-order chi connectivity index (χ0) is 28.0. The van der Waals surface area contributed by atoms with E-state index >= 15 is 4.39 Å². The van der Waals surface area contributed by atoms with E-state index < -0.39 is 5.82 Å². The van der Waals surface area contributed by atoms with Gasteiger partial charge < -0.3 is 19.4 Å². The molecule has 3 aliphatic heterocycles. The van der Waals surface area contributed by atoms with Gasteiger partial charge in [-0.05, 0) is 63.9 Å². The predicted octanol–water partition coefficient (Wildman–Crippen LogP) is 4.64. The molecule has 3 saturated heterocycles. The summed E-state index contributed by atoms with van der Waals surface area (Å²) in [5.41, 5.74) is 3.68. The second-order valence-electron chi connectivity index (χ2n) is 11.6. The summed E-state index contributed by atoms with van der Waals surface area (Å²) in [5.74, 6) is -0.360. The van der Waals surface area contributed by atoms with E-state index in [1.165, 1.54) is 6.08 Å². The van der Waals surface area contributed by atoms with E-state index in [1.54, 1.807) is 12.3 Å². The van der Waals surface area contributed by atoms with E-state index in [1.807, 2.05) is 24.0 Å². The highest BCUT2D eigenvalue weighted by Crippen LogP contribution is 2.46. The number of anilines is 1. The number of carbonyl (C=O) groups is 1. The van der Waals surface area contributed by atoms with Crippen LogP contribution in [0.5, 0.6) is 5.75 Å². The topological polar surface area (TPSA) is 88.5 Å². The van der Waals surface area contributed by atoms with E-state index in [9.17, 15) is 10.1 Å². The molecular formula is C31H35FN6O2. The Labute approximate surface area is 234 Å². The van der Waals surface area contributed by atoms with Crippen LogP contribution in [0.2, 0.25) is 0 Å². The Morgan fingerprint density at radius 3 is 2.75 bits per heavy atom. The maximum absolute atomic E-state index is 16.5. The average molecular weight is 543 g/mol. The van der Waals surface area contributed by atoms with Crippen LogP contribution in [0.4, 0.5) is 10.1 Å². The number of amides is 1. The molecule has 0 unspecified atom stereocenters. The summed E-state index contributed by atoms with van der Waals surface area (Å²) in [6, 6.07) is 8.16. The Morgan fingerprint density at radius 1 is 1.30 bits per heavy atom. The molecule has 1 spiro atoms. The Morgan fingerprint density at radius 2 is 2.08 bits per heavy atom. The first-order valence-corrected chi connectivity index (χ1v) is 14.0. The fourth-order valence-electron chi connectivity index (χ4n) is 6.74. The number of aromatic amines is 1. The Balaban J connectivity index is 1.39. The van der Waals surface area contributed by atoms with Crippen LogP contribution >= 0.6 is 0 Å². The lowest BCUT2D eigenvalue weighted by Crippen LogP contribution is -2.61. The number of aryl methyl sites for hydroxylation is 1. The summed E-state index contributed by atoms with van der Waals surface area (Å²) >= 11 is 0. The maximum atomic E-state index is 16.5. The number of nitrogens with zero attached hydrogens (tertiary/aromatic N) is 5. The molecule has 8 nitrogen and oxygen atoms in total. The fourth-order valence-corrected chi connectivity index (χ4v) is 6.74. The quantitative estimate of drug-likeness (QED) is 0.457. The lowest BCUT2D eigenvalue weighted by Gasteiger charge is -2.54. The van der Waals surface area contributed by atoms with Crippen molar-refractivity contribution in [3.8, 4) is 22.9 Å². The van der Waals surface area contributed by atoms with Gasteiger partial charge in [0.1, 0.15) is 12.7 Å². The Bertz CT molecular complexity index is 1510. The molecule has 6 rings (SSSR count). The molecule has 0 radical (unpaired) electrons. The first-order valence-electron chi connectivity index (χ1n) is 14.0. The van der Waals surface area contributed by atoms with E-state index in [-0.39, 0.29) is 28.7 Å². The van der Waals surface area contributed by atoms with Crippen LogP contribution in [0, 0.1) is 29.5 Å². The van der Waals surface area contributed by atoms with Gasteiger partial charge in [-0.2, -0.15) is 10.4 Å². The summed E-state index contributed by atoms with van der Waals surface area (Å²) in [4.78, 5) is 18.3. The third kappa shape index (κ3) is 4.40. The summed E-state index contributed by atoms with van der Waals surface area (Å²) in [6.45, 7) is 9.83. The van der Waals surface area contributed by atoms with Gasteiger partial charge >= 0.3 is 0 Å². The number of rotatable bonds is 6. The monoisotopic (exact) mass is 542 g/mol. The van der Waals surface area contributed by atoms with Crippen molar-refractivity contribution in [2.75, 3.05) is 51.3 Å². The molecule has 0 bridgehead atoms. The van der Waals surface area contributed by atoms with E-state index in [4.69, 9.17) is 4.74 Å². The van der Waals surface area contributed by atoms with Crippen LogP contribution < -0.4 is 9.64 Å². The molecular weight excluding hydrogens is 507 g/mol. The minimum atomic E-state index is -0.510. The van der Waals surface area contributed by atoms with Crippen molar-refractivity contribution < 1.29 is 13.9 Å². The SMILES string of the molecule is C=CC(=O)N1CC2(CCN(c3cc(OC[C@H]4CCCN4C)c(F)c(-c4c(C)ccc5[nH]ncc45)c3C#N)CC2)C1. The maximum Gasteiger partial charge on any atom is 0.245 e. The summed E-state index contributed by atoms with van der Waals surface area (Å²) in [5, 5.41) is 18.4. The van der Waals surface area contributed by atoms with Crippen LogP contribution in [0.25, 0.3) is 22.0 Å². The molecule has 0 aliphatic carbocycles. The molecule has 1 atom stereocenters. The third-order valence-electron chi connectivity index (χ3n) is 9.21. The highest BCUT2D eigenvalue weighted by Gasteiger charge is 2.46. The zero-order valence-corrected chi connectivity index (χ0v) is 23.2. The molecule has 1 amide bonds. The molecule has 40 heavy (non-hydrogen) atoms. The van der Waals surface area contributed by atoms with Crippen molar-refractivity contribution in [3.05, 3.63) is 54.0 Å². The Kier molecular flexibility index (Phi) is 6.75. The zero-order valence-electron chi connectivity index (χ0n) is 23.2. The minimum absolute atomic E-state index is 0.0264. The number of carbonyl (C=O) groups excluding carboxylic acids is 1. The molecule has 3 aromatic rings. The highest BCUT2D eigenvalue weighted by atomic mass is 19.1. The number of fused-ring (bicyclic) bond motifs is 1. The van der Waals surface area contributed by atoms with Crippen LogP contribution in [-0.2, 0) is 4.79 Å². The van der Waals surface area contributed by atoms with Crippen LogP contribution in [0.15, 0.2) is 37.1 Å². The molecule has 3 fully saturated rings. The van der Waals surface area contributed by atoms with Crippen molar-refractivity contribution in [1.82, 2.24) is 20.0 Å². The number of piperidine rings is 1. The molecule has 1 aromatic heterocycles. The fraction of sp³-hybridized carbons (Fsp3) is 0.452. The normalized spacial score (nSPS) is 20.5. The first-order chi connectivity index (χ1) is 19.3. The van der Waals surface area contributed by atoms with E-state index in [0.717, 1.165) is 74.9 Å². The second kappa shape index (κ2) is 10.3. The summed E-state index contributed by atoms with van der Waals surface area (Å²) in [7, 11) is 2.07. The smallest absolute Gasteiger partial charge is 0.245 e. The van der Waals surface area contributed by atoms with Crippen LogP contribution in [0.3, 0.4) is 0 Å². The molecule has 9 heteroatoms. The van der Waals surface area contributed by atoms with Gasteiger partial charge in [0.15, 0.2) is 11.6 Å². The number of likely N-dealkylation sites (tertiary alicyclic amines) is 2. The average Bonchev–Trinajstić information content (AvgIpc) is 3.59. The second-order valence-corrected chi connectivity index (χ2v) is 11.6. The number of hydrogen-bond donors (Lipinski definition) is 1. The lowest BCUT2D eigenvalue weighted by atomic mass is 9.71. The van der Waals surface area contributed by atoms with Crippen molar-refractivity contribution in [2.24, 2.45) is 5.41 Å². The van der Waals surface area contributed by atoms with Crippen molar-refractivity contribution >= 4 is 22.5 Å². The number of benzene rings is 2. The van der Waals surface area contributed by atoms with Gasteiger partial charge in [0, 0.05) is 60.2 Å². The van der Waals surface area contributed by atoms with Crippen LogP contribution in [0.1, 0.15) is 36.8 Å². The lowest BCUT2D eigenvalue weighted by molar-refractivity contribution is -0.139. The molecule has 1 N–H and O–H groups in total. The number of aromatic nitrogens is 2. The molecule has 3 aliphatic rings. The first kappa shape index (κ1) is 26.3. The van der Waals surface area contributed by atoms with Gasteiger partial charge in [-0.1, -0.05) is 12.6 Å². The number of hydrogen-bond acceptors (Lipinski definition) is 6. The molecule has 0 saturated carbocycles. The van der Waals surface area contributed by atoms with Crippen LogP contribution in [-0.4, -0.2) is 78.3 Å². The summed E-state index contributed by atoms with van der Waals surface area (Å²) < 4.78 is 22.7. The minimum Gasteiger partial charge on any atom is -0.489 e. The van der Waals surface area contributed by atoms with E-state index in [2.05, 4.69) is 39.7 Å². The molecule has 4 heterocycles. The number of H-pyrrole nitrogens is 1. The van der Waals surface area contributed by atoms with Gasteiger partial charge in [-0.15, -0.1) is 0 Å². The third-order valence-corrected chi connectivity index (χ3v) is 9.21. The van der Waals surface area contributed by atoms with Gasteiger partial charge in [-0.25, -0.2) is 4.39 Å². The van der Waals surface area contributed by atoms with Gasteiger partial charge in [0.25, 0.3) is 0 Å². The van der Waals surface area contributed by atoms with Crippen molar-refractivity contribution in [3.63, 3.8) is 0 Å². The van der Waals surface area contributed by atoms with Gasteiger partial charge in [0.2, 0.25) is 5.91 Å². The highest BCUT2D eigenvalue weighted by molar-refractivity contribution is 5.99. The van der Waals surface area contributed by atoms with Gasteiger partial charge in [0.05, 0.1) is 23.0 Å². The van der Waals surface area contributed by atoms with Gasteiger partial charge in [-0.3, -0.25) is 9.89 Å². The number of nitrogens with one attached hydrogen (secondary N) is 1. The molecule has 2 aromatic carbocycles. The predicted molar refractivity (Wildman–Crippen MR) is 153 cm³/mol. The van der Waals surface area contributed by atoms with E-state index in [0.29, 0.717) is 23.4 Å². The van der Waals surface area contributed by atoms with Crippen molar-refractivity contribution in [2.45, 2.75) is 38.6 Å². The largest absolute Gasteiger partial charge is 0.489 e. The van der Waals surface area contributed by atoms with Crippen molar-refractivity contribution in [1.29, 1.82) is 5.26 Å². The standard InChI is InChI=1S/C31H35FN6O2/c1-4-27(39)38-18-31(19-38)9-12-37(13-10-31)25-14-26(40-17-21-6-5-11-36(21)3)30(32)29(22(25)15-33)28-20(2)7-8-24-23(28)16-34-35-24/h4,7-8,14,16,21H,1,5-6,9-13,17-19H2,2-3H3,(H,34,35)/t21-/m1/s1.